The predicted molar refractivity (Wildman–Crippen MR) is 109 cm³/mol. The van der Waals surface area contributed by atoms with Crippen LogP contribution in [0.5, 0.6) is 0 Å². The van der Waals surface area contributed by atoms with Crippen LogP contribution in [0.25, 0.3) is 0 Å². The molecule has 1 aromatic carbocycles. The van der Waals surface area contributed by atoms with Crippen LogP contribution in [-0.2, 0) is 4.79 Å². The monoisotopic (exact) mass is 423 g/mol. The Morgan fingerprint density at radius 3 is 2.75 bits per heavy atom. The number of carbonyl (C=O) groups excluding carboxylic acids is 1. The van der Waals surface area contributed by atoms with Gasteiger partial charge in [-0.1, -0.05) is 42.6 Å². The lowest BCUT2D eigenvalue weighted by Gasteiger charge is -2.25. The van der Waals surface area contributed by atoms with Crippen LogP contribution in [-0.4, -0.2) is 30.8 Å². The number of nitrogens with one attached hydrogen (secondary N) is 1. The Morgan fingerprint density at radius 2 is 2.07 bits per heavy atom. The molecule has 1 N–H and O–H groups in total. The number of anilines is 1. The molecule has 1 aliphatic rings. The van der Waals surface area contributed by atoms with Crippen LogP contribution >= 0.6 is 23.4 Å². The largest absolute Gasteiger partial charge is 0.324 e. The van der Waals surface area contributed by atoms with Crippen LogP contribution in [0.3, 0.4) is 0 Å². The quantitative estimate of drug-likeness (QED) is 0.407. The first kappa shape index (κ1) is 20.6. The molecule has 150 valence electrons. The molecule has 1 atom stereocenters. The standard InChI is InChI=1S/C18H22ClN5O3S/c1-11(17(25)20-16-10-14(24(26)27)8-9-15(16)19)28-18-22-21-12(2)23(18)13-6-4-3-5-7-13/h8-11,13H,3-7H2,1-2H3,(H,20,25). The molecule has 10 heteroatoms. The summed E-state index contributed by atoms with van der Waals surface area (Å²) in [6, 6.07) is 4.32. The summed E-state index contributed by atoms with van der Waals surface area (Å²) in [6.07, 6.45) is 5.82. The highest BCUT2D eigenvalue weighted by Crippen LogP contribution is 2.34. The minimum Gasteiger partial charge on any atom is -0.324 e. The van der Waals surface area contributed by atoms with Gasteiger partial charge < -0.3 is 9.88 Å². The van der Waals surface area contributed by atoms with E-state index in [0.717, 1.165) is 23.8 Å². The number of thioether (sulfide) groups is 1. The topological polar surface area (TPSA) is 103 Å². The molecule has 1 aromatic heterocycles. The maximum Gasteiger partial charge on any atom is 0.271 e. The van der Waals surface area contributed by atoms with E-state index in [1.54, 1.807) is 6.92 Å². The number of halogens is 1. The van der Waals surface area contributed by atoms with Crippen molar-refractivity contribution in [3.63, 3.8) is 0 Å². The van der Waals surface area contributed by atoms with Crippen LogP contribution in [0, 0.1) is 17.0 Å². The molecule has 0 bridgehead atoms. The van der Waals surface area contributed by atoms with Gasteiger partial charge in [-0.05, 0) is 32.8 Å². The molecule has 1 amide bonds. The Labute approximate surface area is 172 Å². The van der Waals surface area contributed by atoms with E-state index in [1.807, 2.05) is 6.92 Å². The number of rotatable bonds is 6. The average molecular weight is 424 g/mol. The smallest absolute Gasteiger partial charge is 0.271 e. The number of carbonyl (C=O) groups is 1. The molecule has 0 aliphatic heterocycles. The number of nitro benzene ring substituents is 1. The summed E-state index contributed by atoms with van der Waals surface area (Å²) in [5.41, 5.74) is 0.0888. The highest BCUT2D eigenvalue weighted by molar-refractivity contribution is 8.00. The number of nitro groups is 1. The van der Waals surface area contributed by atoms with Crippen molar-refractivity contribution >= 4 is 40.6 Å². The highest BCUT2D eigenvalue weighted by Gasteiger charge is 2.25. The minimum absolute atomic E-state index is 0.132. The molecule has 0 saturated heterocycles. The Kier molecular flexibility index (Phi) is 6.56. The molecule has 1 saturated carbocycles. The minimum atomic E-state index is -0.528. The number of hydrogen-bond acceptors (Lipinski definition) is 6. The molecule has 1 unspecified atom stereocenters. The molecule has 2 aromatic rings. The van der Waals surface area contributed by atoms with E-state index in [-0.39, 0.29) is 22.3 Å². The second kappa shape index (κ2) is 8.91. The van der Waals surface area contributed by atoms with Gasteiger partial charge in [-0.2, -0.15) is 0 Å². The summed E-state index contributed by atoms with van der Waals surface area (Å²) in [5.74, 6) is 0.548. The SMILES string of the molecule is Cc1nnc(SC(C)C(=O)Nc2cc([N+](=O)[O-])ccc2Cl)n1C1CCCCC1. The lowest BCUT2D eigenvalue weighted by Crippen LogP contribution is -2.24. The zero-order chi connectivity index (χ0) is 20.3. The van der Waals surface area contributed by atoms with Crippen molar-refractivity contribution in [3.05, 3.63) is 39.2 Å². The number of hydrogen-bond donors (Lipinski definition) is 1. The van der Waals surface area contributed by atoms with Gasteiger partial charge in [0.2, 0.25) is 5.91 Å². The fourth-order valence-corrected chi connectivity index (χ4v) is 4.49. The van der Waals surface area contributed by atoms with Crippen molar-refractivity contribution in [1.82, 2.24) is 14.8 Å². The van der Waals surface area contributed by atoms with Gasteiger partial charge in [0.15, 0.2) is 5.16 Å². The van der Waals surface area contributed by atoms with Crippen molar-refractivity contribution in [2.24, 2.45) is 0 Å². The molecule has 1 aliphatic carbocycles. The van der Waals surface area contributed by atoms with Crippen LogP contribution in [0.2, 0.25) is 5.02 Å². The molecular formula is C18H22ClN5O3S. The van der Waals surface area contributed by atoms with E-state index in [0.29, 0.717) is 6.04 Å². The molecule has 1 heterocycles. The number of benzene rings is 1. The van der Waals surface area contributed by atoms with E-state index in [9.17, 15) is 14.9 Å². The van der Waals surface area contributed by atoms with Crippen LogP contribution in [0.4, 0.5) is 11.4 Å². The van der Waals surface area contributed by atoms with Gasteiger partial charge in [0.05, 0.1) is 20.9 Å². The van der Waals surface area contributed by atoms with E-state index < -0.39 is 10.2 Å². The summed E-state index contributed by atoms with van der Waals surface area (Å²) >= 11 is 7.40. The second-order valence-electron chi connectivity index (χ2n) is 6.86. The summed E-state index contributed by atoms with van der Waals surface area (Å²) < 4.78 is 2.13. The van der Waals surface area contributed by atoms with Gasteiger partial charge in [-0.3, -0.25) is 14.9 Å². The van der Waals surface area contributed by atoms with Gasteiger partial charge in [0.1, 0.15) is 5.82 Å². The third-order valence-corrected chi connectivity index (χ3v) is 6.23. The number of amides is 1. The second-order valence-corrected chi connectivity index (χ2v) is 8.58. The maximum atomic E-state index is 12.6. The lowest BCUT2D eigenvalue weighted by atomic mass is 9.95. The van der Waals surface area contributed by atoms with Crippen LogP contribution < -0.4 is 5.32 Å². The normalized spacial score (nSPS) is 16.0. The molecule has 0 spiro atoms. The number of aromatic nitrogens is 3. The first-order valence-electron chi connectivity index (χ1n) is 9.19. The van der Waals surface area contributed by atoms with E-state index in [2.05, 4.69) is 20.1 Å². The third kappa shape index (κ3) is 4.64. The number of nitrogens with zero attached hydrogens (tertiary/aromatic N) is 4. The van der Waals surface area contributed by atoms with Gasteiger partial charge in [-0.25, -0.2) is 0 Å². The van der Waals surface area contributed by atoms with Crippen LogP contribution in [0.15, 0.2) is 23.4 Å². The average Bonchev–Trinajstić information content (AvgIpc) is 3.04. The van der Waals surface area contributed by atoms with Gasteiger partial charge in [0.25, 0.3) is 5.69 Å². The Morgan fingerprint density at radius 1 is 1.36 bits per heavy atom. The van der Waals surface area contributed by atoms with Crippen molar-refractivity contribution in [2.45, 2.75) is 62.4 Å². The number of aryl methyl sites for hydroxylation is 1. The summed E-state index contributed by atoms with van der Waals surface area (Å²) in [6.45, 7) is 3.69. The Balaban J connectivity index is 1.72. The van der Waals surface area contributed by atoms with Gasteiger partial charge in [-0.15, -0.1) is 10.2 Å². The highest BCUT2D eigenvalue weighted by atomic mass is 35.5. The van der Waals surface area contributed by atoms with Crippen LogP contribution in [0.1, 0.15) is 50.9 Å². The van der Waals surface area contributed by atoms with Crippen molar-refractivity contribution in [1.29, 1.82) is 0 Å². The molecule has 28 heavy (non-hydrogen) atoms. The Hall–Kier alpha value is -2.13. The third-order valence-electron chi connectivity index (χ3n) is 4.84. The molecule has 1 fully saturated rings. The van der Waals surface area contributed by atoms with Crippen molar-refractivity contribution in [2.75, 3.05) is 5.32 Å². The predicted octanol–water partition coefficient (Wildman–Crippen LogP) is 4.77. The summed E-state index contributed by atoms with van der Waals surface area (Å²) in [4.78, 5) is 23.0. The molecule has 8 nitrogen and oxygen atoms in total. The summed E-state index contributed by atoms with van der Waals surface area (Å²) in [7, 11) is 0. The molecular weight excluding hydrogens is 402 g/mol. The van der Waals surface area contributed by atoms with Crippen molar-refractivity contribution < 1.29 is 9.72 Å². The first-order chi connectivity index (χ1) is 13.4. The van der Waals surface area contributed by atoms with Gasteiger partial charge in [0, 0.05) is 18.2 Å². The molecule has 0 radical (unpaired) electrons. The Bertz CT molecular complexity index is 882. The molecule has 3 rings (SSSR count). The lowest BCUT2D eigenvalue weighted by molar-refractivity contribution is -0.384. The zero-order valence-corrected chi connectivity index (χ0v) is 17.3. The van der Waals surface area contributed by atoms with E-state index in [1.165, 1.54) is 49.2 Å². The fourth-order valence-electron chi connectivity index (χ4n) is 3.36. The van der Waals surface area contributed by atoms with E-state index >= 15 is 0 Å². The number of non-ortho nitro benzene ring substituents is 1. The zero-order valence-electron chi connectivity index (χ0n) is 15.7. The fraction of sp³-hybridized carbons (Fsp3) is 0.500. The maximum absolute atomic E-state index is 12.6. The van der Waals surface area contributed by atoms with Gasteiger partial charge >= 0.3 is 0 Å². The van der Waals surface area contributed by atoms with Crippen molar-refractivity contribution in [3.8, 4) is 0 Å². The van der Waals surface area contributed by atoms with E-state index in [4.69, 9.17) is 11.6 Å². The first-order valence-corrected chi connectivity index (χ1v) is 10.5. The summed E-state index contributed by atoms with van der Waals surface area (Å²) in [5, 5.41) is 22.6.